The molecule has 1 saturated heterocycles. The number of halogens is 3. The van der Waals surface area contributed by atoms with E-state index in [4.69, 9.17) is 4.52 Å². The van der Waals surface area contributed by atoms with Gasteiger partial charge in [-0.2, -0.15) is 18.2 Å². The number of carbonyl (C=O) groups is 1. The van der Waals surface area contributed by atoms with Crippen LogP contribution in [0.25, 0.3) is 11.4 Å². The monoisotopic (exact) mass is 430 g/mol. The highest BCUT2D eigenvalue weighted by Crippen LogP contribution is 2.31. The van der Waals surface area contributed by atoms with Crippen molar-refractivity contribution >= 4 is 11.6 Å². The maximum absolute atomic E-state index is 12.9. The minimum atomic E-state index is -4.44. The first-order valence-electron chi connectivity index (χ1n) is 9.97. The molecule has 9 heteroatoms. The maximum Gasteiger partial charge on any atom is 0.416 e. The molecular weight excluding hydrogens is 409 g/mol. The van der Waals surface area contributed by atoms with Gasteiger partial charge in [0.05, 0.1) is 18.0 Å². The number of para-hydroxylation sites is 1. The van der Waals surface area contributed by atoms with Crippen molar-refractivity contribution in [1.82, 2.24) is 15.0 Å². The number of hydrogen-bond donors (Lipinski definition) is 1. The molecule has 0 bridgehead atoms. The van der Waals surface area contributed by atoms with E-state index in [2.05, 4.69) is 15.5 Å². The highest BCUT2D eigenvalue weighted by atomic mass is 19.4. The molecule has 0 spiro atoms. The zero-order valence-electron chi connectivity index (χ0n) is 16.6. The molecule has 2 heterocycles. The Morgan fingerprint density at radius 2 is 1.97 bits per heavy atom. The van der Waals surface area contributed by atoms with Crippen LogP contribution in [0.5, 0.6) is 0 Å². The number of aromatic nitrogens is 2. The second kappa shape index (κ2) is 8.89. The van der Waals surface area contributed by atoms with E-state index in [0.29, 0.717) is 19.0 Å². The minimum absolute atomic E-state index is 0.0360. The summed E-state index contributed by atoms with van der Waals surface area (Å²) in [6.07, 6.45) is -2.80. The van der Waals surface area contributed by atoms with Gasteiger partial charge in [-0.25, -0.2) is 0 Å². The Balaban J connectivity index is 1.39. The van der Waals surface area contributed by atoms with E-state index in [-0.39, 0.29) is 23.2 Å². The summed E-state index contributed by atoms with van der Waals surface area (Å²) in [4.78, 5) is 18.9. The second-order valence-corrected chi connectivity index (χ2v) is 7.52. The molecule has 1 aliphatic heterocycles. The van der Waals surface area contributed by atoms with Crippen molar-refractivity contribution in [2.24, 2.45) is 5.92 Å². The van der Waals surface area contributed by atoms with Crippen molar-refractivity contribution in [2.75, 3.05) is 18.4 Å². The molecule has 1 fully saturated rings. The SMILES string of the molecule is O=C(Nc1ccccc1)[C@@H]1CCCN(Cc2nc(-c3cccc(C(F)(F)F)c3)no2)C1. The number of rotatable bonds is 5. The Bertz CT molecular complexity index is 1040. The fourth-order valence-electron chi connectivity index (χ4n) is 3.64. The summed E-state index contributed by atoms with van der Waals surface area (Å²) < 4.78 is 44.1. The van der Waals surface area contributed by atoms with E-state index in [1.54, 1.807) is 0 Å². The molecule has 1 amide bonds. The Kier molecular flexibility index (Phi) is 6.03. The zero-order chi connectivity index (χ0) is 21.8. The Morgan fingerprint density at radius 3 is 2.74 bits per heavy atom. The van der Waals surface area contributed by atoms with Crippen molar-refractivity contribution in [2.45, 2.75) is 25.6 Å². The normalized spacial score (nSPS) is 17.5. The highest BCUT2D eigenvalue weighted by molar-refractivity contribution is 5.92. The number of benzene rings is 2. The summed E-state index contributed by atoms with van der Waals surface area (Å²) in [6, 6.07) is 14.1. The summed E-state index contributed by atoms with van der Waals surface area (Å²) in [5.41, 5.74) is 0.232. The van der Waals surface area contributed by atoms with Gasteiger partial charge < -0.3 is 9.84 Å². The van der Waals surface area contributed by atoms with Crippen LogP contribution in [0.2, 0.25) is 0 Å². The van der Waals surface area contributed by atoms with E-state index >= 15 is 0 Å². The molecule has 3 aromatic rings. The van der Waals surface area contributed by atoms with Crippen LogP contribution in [-0.2, 0) is 17.5 Å². The van der Waals surface area contributed by atoms with E-state index in [0.717, 1.165) is 37.2 Å². The minimum Gasteiger partial charge on any atom is -0.338 e. The van der Waals surface area contributed by atoms with Crippen LogP contribution in [0.4, 0.5) is 18.9 Å². The predicted octanol–water partition coefficient (Wildman–Crippen LogP) is 4.61. The van der Waals surface area contributed by atoms with E-state index in [1.165, 1.54) is 12.1 Å². The first kappa shape index (κ1) is 21.0. The fraction of sp³-hybridized carbons (Fsp3) is 0.318. The number of piperidine rings is 1. The van der Waals surface area contributed by atoms with Crippen molar-refractivity contribution in [3.05, 3.63) is 66.1 Å². The van der Waals surface area contributed by atoms with Gasteiger partial charge in [-0.1, -0.05) is 35.5 Å². The molecule has 0 radical (unpaired) electrons. The molecule has 162 valence electrons. The molecule has 1 aliphatic rings. The van der Waals surface area contributed by atoms with Crippen LogP contribution in [0.1, 0.15) is 24.3 Å². The van der Waals surface area contributed by atoms with Gasteiger partial charge in [0, 0.05) is 17.8 Å². The van der Waals surface area contributed by atoms with Crippen LogP contribution < -0.4 is 5.32 Å². The van der Waals surface area contributed by atoms with Crippen LogP contribution >= 0.6 is 0 Å². The Hall–Kier alpha value is -3.20. The molecule has 2 aromatic carbocycles. The third-order valence-corrected chi connectivity index (χ3v) is 5.19. The molecular formula is C22H21F3N4O2. The third-order valence-electron chi connectivity index (χ3n) is 5.19. The first-order valence-corrected chi connectivity index (χ1v) is 9.97. The summed E-state index contributed by atoms with van der Waals surface area (Å²) in [5, 5.41) is 6.76. The molecule has 1 atom stereocenters. The third kappa shape index (κ3) is 5.29. The van der Waals surface area contributed by atoms with Gasteiger partial charge in [0.25, 0.3) is 0 Å². The summed E-state index contributed by atoms with van der Waals surface area (Å²) in [7, 11) is 0. The number of hydrogen-bond acceptors (Lipinski definition) is 5. The van der Waals surface area contributed by atoms with Crippen molar-refractivity contribution in [1.29, 1.82) is 0 Å². The van der Waals surface area contributed by atoms with E-state index < -0.39 is 11.7 Å². The number of likely N-dealkylation sites (tertiary alicyclic amines) is 1. The lowest BCUT2D eigenvalue weighted by Crippen LogP contribution is -2.40. The Labute approximate surface area is 177 Å². The Morgan fingerprint density at radius 1 is 1.16 bits per heavy atom. The van der Waals surface area contributed by atoms with Gasteiger partial charge in [0.2, 0.25) is 17.6 Å². The number of amides is 1. The fourth-order valence-corrected chi connectivity index (χ4v) is 3.64. The number of nitrogens with zero attached hydrogens (tertiary/aromatic N) is 3. The van der Waals surface area contributed by atoms with Crippen LogP contribution in [0.3, 0.4) is 0 Å². The average molecular weight is 430 g/mol. The zero-order valence-corrected chi connectivity index (χ0v) is 16.6. The lowest BCUT2D eigenvalue weighted by molar-refractivity contribution is -0.137. The number of nitrogens with one attached hydrogen (secondary N) is 1. The van der Waals surface area contributed by atoms with Gasteiger partial charge >= 0.3 is 6.18 Å². The molecule has 0 unspecified atom stereocenters. The van der Waals surface area contributed by atoms with E-state index in [9.17, 15) is 18.0 Å². The molecule has 4 rings (SSSR count). The van der Waals surface area contributed by atoms with Crippen LogP contribution in [-0.4, -0.2) is 34.0 Å². The first-order chi connectivity index (χ1) is 14.9. The lowest BCUT2D eigenvalue weighted by atomic mass is 9.97. The highest BCUT2D eigenvalue weighted by Gasteiger charge is 2.31. The molecule has 1 N–H and O–H groups in total. The van der Waals surface area contributed by atoms with Gasteiger partial charge in [-0.3, -0.25) is 9.69 Å². The summed E-state index contributed by atoms with van der Waals surface area (Å²) in [5.74, 6) is 0.207. The molecule has 31 heavy (non-hydrogen) atoms. The summed E-state index contributed by atoms with van der Waals surface area (Å²) in [6.45, 7) is 1.65. The van der Waals surface area contributed by atoms with Gasteiger partial charge in [0.1, 0.15) is 0 Å². The van der Waals surface area contributed by atoms with Crippen molar-refractivity contribution < 1.29 is 22.5 Å². The number of alkyl halides is 3. The van der Waals surface area contributed by atoms with E-state index in [1.807, 2.05) is 35.2 Å². The quantitative estimate of drug-likeness (QED) is 0.640. The van der Waals surface area contributed by atoms with Gasteiger partial charge in [-0.15, -0.1) is 0 Å². The van der Waals surface area contributed by atoms with Gasteiger partial charge in [0.15, 0.2) is 0 Å². The molecule has 6 nitrogen and oxygen atoms in total. The maximum atomic E-state index is 12.9. The lowest BCUT2D eigenvalue weighted by Gasteiger charge is -2.30. The molecule has 1 aromatic heterocycles. The standard InChI is InChI=1S/C22H21F3N4O2/c23-22(24,25)17-8-4-6-15(12-17)20-27-19(31-28-20)14-29-11-5-7-16(13-29)21(30)26-18-9-2-1-3-10-18/h1-4,6,8-10,12,16H,5,7,11,13-14H2,(H,26,30)/t16-/m1/s1. The number of carbonyl (C=O) groups excluding carboxylic acids is 1. The van der Waals surface area contributed by atoms with Crippen LogP contribution in [0.15, 0.2) is 59.1 Å². The average Bonchev–Trinajstić information content (AvgIpc) is 3.23. The molecule has 0 saturated carbocycles. The smallest absolute Gasteiger partial charge is 0.338 e. The van der Waals surface area contributed by atoms with Gasteiger partial charge in [-0.05, 0) is 43.7 Å². The second-order valence-electron chi connectivity index (χ2n) is 7.52. The largest absolute Gasteiger partial charge is 0.416 e. The van der Waals surface area contributed by atoms with Crippen LogP contribution in [0, 0.1) is 5.92 Å². The summed E-state index contributed by atoms with van der Waals surface area (Å²) >= 11 is 0. The topological polar surface area (TPSA) is 71.3 Å². The van der Waals surface area contributed by atoms with Crippen molar-refractivity contribution in [3.63, 3.8) is 0 Å². The van der Waals surface area contributed by atoms with Crippen molar-refractivity contribution in [3.8, 4) is 11.4 Å². The predicted molar refractivity (Wildman–Crippen MR) is 108 cm³/mol. The molecule has 0 aliphatic carbocycles. The number of anilines is 1.